The Morgan fingerprint density at radius 2 is 2.08 bits per heavy atom. The molecule has 0 aromatic heterocycles. The maximum atomic E-state index is 5.54. The molecule has 0 bridgehead atoms. The quantitative estimate of drug-likeness (QED) is 0.364. The summed E-state index contributed by atoms with van der Waals surface area (Å²) in [6, 6.07) is 0. The Balaban J connectivity index is 2.97. The maximum Gasteiger partial charge on any atom is 0.318 e. The molecule has 0 fully saturated rings. The summed E-state index contributed by atoms with van der Waals surface area (Å²) < 4.78 is 10.9. The van der Waals surface area contributed by atoms with Gasteiger partial charge in [0.05, 0.1) is 0 Å². The number of unbranched alkanes of at least 4 members (excludes halogenated alkanes) is 1. The van der Waals surface area contributed by atoms with Gasteiger partial charge in [0.2, 0.25) is 0 Å². The first-order chi connectivity index (χ1) is 6.31. The van der Waals surface area contributed by atoms with Crippen molar-refractivity contribution in [1.82, 2.24) is 0 Å². The van der Waals surface area contributed by atoms with E-state index in [1.165, 1.54) is 6.42 Å². The van der Waals surface area contributed by atoms with Crippen LogP contribution in [0.4, 0.5) is 0 Å². The molecule has 0 aliphatic heterocycles. The lowest BCUT2D eigenvalue weighted by Crippen LogP contribution is -2.19. The zero-order chi connectivity index (χ0) is 9.94. The highest BCUT2D eigenvalue weighted by Crippen LogP contribution is 2.02. The predicted molar refractivity (Wildman–Crippen MR) is 61.3 cm³/mol. The summed E-state index contributed by atoms with van der Waals surface area (Å²) in [6.07, 6.45) is 2.31. The highest BCUT2D eigenvalue weighted by molar-refractivity contribution is 7.99. The smallest absolute Gasteiger partial charge is 0.318 e. The van der Waals surface area contributed by atoms with Crippen molar-refractivity contribution in [3.63, 3.8) is 0 Å². The van der Waals surface area contributed by atoms with Gasteiger partial charge in [-0.1, -0.05) is 0 Å². The van der Waals surface area contributed by atoms with Gasteiger partial charge in [-0.2, -0.15) is 0 Å². The molecule has 0 heterocycles. The minimum atomic E-state index is -1.29. The van der Waals surface area contributed by atoms with Gasteiger partial charge >= 0.3 is 9.28 Å². The summed E-state index contributed by atoms with van der Waals surface area (Å²) in [5.41, 5.74) is 5.35. The molecule has 0 aliphatic rings. The summed E-state index contributed by atoms with van der Waals surface area (Å²) in [4.78, 5) is 0. The Kier molecular flexibility index (Phi) is 10.9. The van der Waals surface area contributed by atoms with Crippen molar-refractivity contribution in [3.8, 4) is 0 Å². The average molecular weight is 223 g/mol. The van der Waals surface area contributed by atoms with Crippen LogP contribution in [0.15, 0.2) is 0 Å². The van der Waals surface area contributed by atoms with Crippen LogP contribution < -0.4 is 5.73 Å². The summed E-state index contributed by atoms with van der Waals surface area (Å²) >= 11 is 1.78. The van der Waals surface area contributed by atoms with E-state index in [0.29, 0.717) is 0 Å². The zero-order valence-electron chi connectivity index (χ0n) is 8.62. The van der Waals surface area contributed by atoms with Gasteiger partial charge < -0.3 is 14.6 Å². The van der Waals surface area contributed by atoms with Crippen molar-refractivity contribution in [2.75, 3.05) is 24.8 Å². The highest BCUT2D eigenvalue weighted by Gasteiger charge is 2.02. The normalized spacial score (nSPS) is 13.2. The topological polar surface area (TPSA) is 44.5 Å². The van der Waals surface area contributed by atoms with Crippen LogP contribution in [-0.4, -0.2) is 34.1 Å². The first-order valence-corrected chi connectivity index (χ1v) is 8.07. The van der Waals surface area contributed by atoms with E-state index < -0.39 is 9.28 Å². The van der Waals surface area contributed by atoms with E-state index in [1.54, 1.807) is 11.8 Å². The van der Waals surface area contributed by atoms with E-state index in [9.17, 15) is 0 Å². The van der Waals surface area contributed by atoms with Crippen LogP contribution in [-0.2, 0) is 8.85 Å². The molecule has 3 nitrogen and oxygen atoms in total. The van der Waals surface area contributed by atoms with Crippen molar-refractivity contribution in [3.05, 3.63) is 0 Å². The molecule has 13 heavy (non-hydrogen) atoms. The van der Waals surface area contributed by atoms with Crippen LogP contribution in [0.25, 0.3) is 0 Å². The summed E-state index contributed by atoms with van der Waals surface area (Å²) in [5.74, 6) is 1.87. The Labute approximate surface area is 87.2 Å². The van der Waals surface area contributed by atoms with Crippen molar-refractivity contribution in [2.24, 2.45) is 5.73 Å². The average Bonchev–Trinajstić information content (AvgIpc) is 2.11. The van der Waals surface area contributed by atoms with Crippen LogP contribution in [0.3, 0.4) is 0 Å². The lowest BCUT2D eigenvalue weighted by molar-refractivity contribution is 0.207. The minimum absolute atomic E-state index is 0.727. The van der Waals surface area contributed by atoms with Gasteiger partial charge in [0, 0.05) is 19.1 Å². The SMILES string of the molecule is CCO[SiH](C)OCCCCSCN. The van der Waals surface area contributed by atoms with E-state index in [2.05, 4.69) is 6.55 Å². The molecular formula is C8H21NO2SSi. The predicted octanol–water partition coefficient (Wildman–Crippen LogP) is 1.32. The fourth-order valence-corrected chi connectivity index (χ4v) is 2.56. The van der Waals surface area contributed by atoms with Crippen molar-refractivity contribution in [2.45, 2.75) is 26.3 Å². The monoisotopic (exact) mass is 223 g/mol. The van der Waals surface area contributed by atoms with Gasteiger partial charge in [0.1, 0.15) is 0 Å². The largest absolute Gasteiger partial charge is 0.397 e. The van der Waals surface area contributed by atoms with E-state index in [-0.39, 0.29) is 0 Å². The van der Waals surface area contributed by atoms with Gasteiger partial charge in [-0.05, 0) is 32.1 Å². The van der Waals surface area contributed by atoms with Crippen molar-refractivity contribution >= 4 is 21.0 Å². The van der Waals surface area contributed by atoms with Gasteiger partial charge in [-0.15, -0.1) is 11.8 Å². The van der Waals surface area contributed by atoms with Crippen LogP contribution >= 0.6 is 11.8 Å². The molecule has 0 aromatic rings. The zero-order valence-corrected chi connectivity index (χ0v) is 10.6. The minimum Gasteiger partial charge on any atom is -0.397 e. The first-order valence-electron chi connectivity index (χ1n) is 4.82. The molecule has 0 radical (unpaired) electrons. The van der Waals surface area contributed by atoms with Gasteiger partial charge in [0.15, 0.2) is 0 Å². The molecule has 0 rings (SSSR count). The fraction of sp³-hybridized carbons (Fsp3) is 1.00. The second-order valence-electron chi connectivity index (χ2n) is 2.68. The second-order valence-corrected chi connectivity index (χ2v) is 5.63. The van der Waals surface area contributed by atoms with Crippen molar-refractivity contribution in [1.29, 1.82) is 0 Å². The Hall–Kier alpha value is 0.447. The third kappa shape index (κ3) is 10.4. The Bertz CT molecular complexity index is 108. The molecule has 0 amide bonds. The van der Waals surface area contributed by atoms with Crippen LogP contribution in [0, 0.1) is 0 Å². The fourth-order valence-electron chi connectivity index (χ4n) is 0.922. The molecular weight excluding hydrogens is 202 g/mol. The number of thioether (sulfide) groups is 1. The molecule has 0 aromatic carbocycles. The molecule has 1 atom stereocenters. The van der Waals surface area contributed by atoms with E-state index in [0.717, 1.165) is 31.3 Å². The molecule has 2 N–H and O–H groups in total. The van der Waals surface area contributed by atoms with Crippen LogP contribution in [0.5, 0.6) is 0 Å². The standard InChI is InChI=1S/C8H21NO2SSi/c1-3-10-13(2)11-6-4-5-7-12-8-9/h13H,3-9H2,1-2H3. The third-order valence-electron chi connectivity index (χ3n) is 1.55. The summed E-state index contributed by atoms with van der Waals surface area (Å²) in [5, 5.41) is 0. The molecule has 0 spiro atoms. The van der Waals surface area contributed by atoms with Crippen molar-refractivity contribution < 1.29 is 8.85 Å². The third-order valence-corrected chi connectivity index (χ3v) is 3.88. The Morgan fingerprint density at radius 3 is 2.69 bits per heavy atom. The van der Waals surface area contributed by atoms with Gasteiger partial charge in [-0.3, -0.25) is 0 Å². The summed E-state index contributed by atoms with van der Waals surface area (Å²) in [6.45, 7) is 5.69. The number of nitrogens with two attached hydrogens (primary N) is 1. The molecule has 80 valence electrons. The summed E-state index contributed by atoms with van der Waals surface area (Å²) in [7, 11) is -1.29. The molecule has 1 unspecified atom stereocenters. The van der Waals surface area contributed by atoms with E-state index in [1.807, 2.05) is 6.92 Å². The number of hydrogen-bond donors (Lipinski definition) is 1. The molecule has 5 heteroatoms. The lowest BCUT2D eigenvalue weighted by Gasteiger charge is -2.10. The second kappa shape index (κ2) is 10.5. The van der Waals surface area contributed by atoms with E-state index in [4.69, 9.17) is 14.6 Å². The lowest BCUT2D eigenvalue weighted by atomic mass is 10.4. The maximum absolute atomic E-state index is 5.54. The molecule has 0 saturated carbocycles. The van der Waals surface area contributed by atoms with Gasteiger partial charge in [-0.25, -0.2) is 0 Å². The van der Waals surface area contributed by atoms with Crippen LogP contribution in [0.1, 0.15) is 19.8 Å². The number of rotatable bonds is 9. The molecule has 0 saturated heterocycles. The first kappa shape index (κ1) is 13.4. The highest BCUT2D eigenvalue weighted by atomic mass is 32.2. The van der Waals surface area contributed by atoms with Crippen LogP contribution in [0.2, 0.25) is 6.55 Å². The van der Waals surface area contributed by atoms with Gasteiger partial charge in [0.25, 0.3) is 0 Å². The Morgan fingerprint density at radius 1 is 1.31 bits per heavy atom. The van der Waals surface area contributed by atoms with E-state index >= 15 is 0 Å². The number of hydrogen-bond acceptors (Lipinski definition) is 4. The molecule has 0 aliphatic carbocycles.